The standard InChI is InChI=1S/C15H20N2S/c1-4-11-6-8-12(9-7-11)14-10(3)18-15(17-14)13(16)5-2/h6-9,13H,4-5,16H2,1-3H3. The average Bonchev–Trinajstić information content (AvgIpc) is 2.80. The lowest BCUT2D eigenvalue weighted by Crippen LogP contribution is -2.07. The summed E-state index contributed by atoms with van der Waals surface area (Å²) in [4.78, 5) is 5.95. The fourth-order valence-corrected chi connectivity index (χ4v) is 2.95. The minimum Gasteiger partial charge on any atom is -0.322 e. The normalized spacial score (nSPS) is 12.7. The van der Waals surface area contributed by atoms with Gasteiger partial charge < -0.3 is 5.73 Å². The van der Waals surface area contributed by atoms with E-state index in [0.29, 0.717) is 0 Å². The molecule has 1 unspecified atom stereocenters. The highest BCUT2D eigenvalue weighted by Gasteiger charge is 2.13. The number of thiazole rings is 1. The summed E-state index contributed by atoms with van der Waals surface area (Å²) in [5.41, 5.74) is 9.68. The molecular weight excluding hydrogens is 240 g/mol. The summed E-state index contributed by atoms with van der Waals surface area (Å²) in [6.07, 6.45) is 2.00. The van der Waals surface area contributed by atoms with E-state index in [-0.39, 0.29) is 6.04 Å². The molecule has 0 saturated heterocycles. The van der Waals surface area contributed by atoms with E-state index in [1.807, 2.05) is 0 Å². The highest BCUT2D eigenvalue weighted by molar-refractivity contribution is 7.12. The van der Waals surface area contributed by atoms with E-state index in [9.17, 15) is 0 Å². The van der Waals surface area contributed by atoms with E-state index in [2.05, 4.69) is 45.0 Å². The van der Waals surface area contributed by atoms with E-state index >= 15 is 0 Å². The van der Waals surface area contributed by atoms with Crippen LogP contribution in [0, 0.1) is 6.92 Å². The summed E-state index contributed by atoms with van der Waals surface area (Å²) in [6, 6.07) is 8.73. The molecule has 0 fully saturated rings. The number of nitrogens with two attached hydrogens (primary N) is 1. The summed E-state index contributed by atoms with van der Waals surface area (Å²) in [5, 5.41) is 1.05. The van der Waals surface area contributed by atoms with Gasteiger partial charge in [-0.3, -0.25) is 0 Å². The van der Waals surface area contributed by atoms with Gasteiger partial charge in [0.2, 0.25) is 0 Å². The molecule has 0 radical (unpaired) electrons. The molecule has 1 heterocycles. The summed E-state index contributed by atoms with van der Waals surface area (Å²) in [5.74, 6) is 0. The molecule has 0 aliphatic heterocycles. The van der Waals surface area contributed by atoms with Crippen molar-refractivity contribution in [1.82, 2.24) is 4.98 Å². The third kappa shape index (κ3) is 2.62. The lowest BCUT2D eigenvalue weighted by atomic mass is 10.1. The molecule has 0 aliphatic carbocycles. The lowest BCUT2D eigenvalue weighted by molar-refractivity contribution is 0.693. The van der Waals surface area contributed by atoms with Crippen LogP contribution in [0.4, 0.5) is 0 Å². The van der Waals surface area contributed by atoms with E-state index in [0.717, 1.165) is 23.5 Å². The quantitative estimate of drug-likeness (QED) is 0.899. The summed E-state index contributed by atoms with van der Waals surface area (Å²) in [7, 11) is 0. The van der Waals surface area contributed by atoms with Crippen molar-refractivity contribution in [3.05, 3.63) is 39.7 Å². The van der Waals surface area contributed by atoms with E-state index in [4.69, 9.17) is 10.7 Å². The predicted molar refractivity (Wildman–Crippen MR) is 78.9 cm³/mol. The van der Waals surface area contributed by atoms with Crippen LogP contribution in [0.25, 0.3) is 11.3 Å². The Morgan fingerprint density at radius 3 is 2.44 bits per heavy atom. The third-order valence-corrected chi connectivity index (χ3v) is 4.31. The van der Waals surface area contributed by atoms with Gasteiger partial charge in [0, 0.05) is 10.4 Å². The Morgan fingerprint density at radius 2 is 1.89 bits per heavy atom. The summed E-state index contributed by atoms with van der Waals surface area (Å²) in [6.45, 7) is 6.38. The molecule has 3 heteroatoms. The zero-order chi connectivity index (χ0) is 13.1. The second kappa shape index (κ2) is 5.63. The van der Waals surface area contributed by atoms with Gasteiger partial charge in [-0.25, -0.2) is 4.98 Å². The minimum absolute atomic E-state index is 0.0670. The SMILES string of the molecule is CCc1ccc(-c2nc(C(N)CC)sc2C)cc1. The zero-order valence-corrected chi connectivity index (χ0v) is 12.1. The smallest absolute Gasteiger partial charge is 0.110 e. The largest absolute Gasteiger partial charge is 0.322 e. The zero-order valence-electron chi connectivity index (χ0n) is 11.2. The molecule has 0 bridgehead atoms. The molecular formula is C15H20N2S. The van der Waals surface area contributed by atoms with Crippen molar-refractivity contribution in [3.8, 4) is 11.3 Å². The van der Waals surface area contributed by atoms with Gasteiger partial charge in [-0.1, -0.05) is 38.1 Å². The Balaban J connectivity index is 2.34. The lowest BCUT2D eigenvalue weighted by Gasteiger charge is -2.03. The number of rotatable bonds is 4. The topological polar surface area (TPSA) is 38.9 Å². The van der Waals surface area contributed by atoms with Gasteiger partial charge >= 0.3 is 0 Å². The minimum atomic E-state index is 0.0670. The van der Waals surface area contributed by atoms with Crippen molar-refractivity contribution in [3.63, 3.8) is 0 Å². The maximum absolute atomic E-state index is 6.05. The van der Waals surface area contributed by atoms with E-state index in [1.165, 1.54) is 16.0 Å². The number of nitrogens with zero attached hydrogens (tertiary/aromatic N) is 1. The van der Waals surface area contributed by atoms with E-state index < -0.39 is 0 Å². The molecule has 0 saturated carbocycles. The van der Waals surface area contributed by atoms with Crippen molar-refractivity contribution in [2.75, 3.05) is 0 Å². The van der Waals surface area contributed by atoms with Gasteiger partial charge in [-0.15, -0.1) is 11.3 Å². The van der Waals surface area contributed by atoms with Gasteiger partial charge in [0.1, 0.15) is 5.01 Å². The molecule has 1 aromatic carbocycles. The highest BCUT2D eigenvalue weighted by atomic mass is 32.1. The van der Waals surface area contributed by atoms with Crippen LogP contribution in [0.5, 0.6) is 0 Å². The Bertz CT molecular complexity index is 514. The van der Waals surface area contributed by atoms with Crippen molar-refractivity contribution in [2.24, 2.45) is 5.73 Å². The molecule has 96 valence electrons. The maximum atomic E-state index is 6.05. The van der Waals surface area contributed by atoms with Crippen LogP contribution >= 0.6 is 11.3 Å². The molecule has 2 rings (SSSR count). The van der Waals surface area contributed by atoms with E-state index in [1.54, 1.807) is 11.3 Å². The van der Waals surface area contributed by atoms with Crippen LogP contribution in [-0.2, 0) is 6.42 Å². The van der Waals surface area contributed by atoms with Crippen molar-refractivity contribution in [1.29, 1.82) is 0 Å². The second-order valence-electron chi connectivity index (χ2n) is 4.52. The first-order valence-electron chi connectivity index (χ1n) is 6.47. The number of benzene rings is 1. The predicted octanol–water partition coefficient (Wildman–Crippen LogP) is 4.09. The second-order valence-corrected chi connectivity index (χ2v) is 5.76. The van der Waals surface area contributed by atoms with Crippen molar-refractivity contribution >= 4 is 11.3 Å². The fourth-order valence-electron chi connectivity index (χ4n) is 1.92. The number of hydrogen-bond acceptors (Lipinski definition) is 3. The van der Waals surface area contributed by atoms with Crippen LogP contribution in [0.2, 0.25) is 0 Å². The van der Waals surface area contributed by atoms with Gasteiger partial charge in [-0.05, 0) is 25.3 Å². The Hall–Kier alpha value is -1.19. The molecule has 0 spiro atoms. The first-order valence-corrected chi connectivity index (χ1v) is 7.29. The van der Waals surface area contributed by atoms with Crippen molar-refractivity contribution < 1.29 is 0 Å². The number of hydrogen-bond donors (Lipinski definition) is 1. The van der Waals surface area contributed by atoms with Crippen LogP contribution < -0.4 is 5.73 Å². The van der Waals surface area contributed by atoms with Gasteiger partial charge in [0.05, 0.1) is 11.7 Å². The van der Waals surface area contributed by atoms with Crippen LogP contribution in [0.15, 0.2) is 24.3 Å². The van der Waals surface area contributed by atoms with Crippen LogP contribution in [0.3, 0.4) is 0 Å². The molecule has 1 aromatic heterocycles. The first kappa shape index (κ1) is 13.2. The molecule has 0 amide bonds. The third-order valence-electron chi connectivity index (χ3n) is 3.21. The molecule has 2 aromatic rings. The Morgan fingerprint density at radius 1 is 1.22 bits per heavy atom. The van der Waals surface area contributed by atoms with Gasteiger partial charge in [-0.2, -0.15) is 0 Å². The van der Waals surface area contributed by atoms with Crippen LogP contribution in [0.1, 0.15) is 41.8 Å². The molecule has 18 heavy (non-hydrogen) atoms. The summed E-state index contributed by atoms with van der Waals surface area (Å²) < 4.78 is 0. The molecule has 2 nitrogen and oxygen atoms in total. The average molecular weight is 260 g/mol. The Labute approximate surface area is 113 Å². The molecule has 2 N–H and O–H groups in total. The summed E-state index contributed by atoms with van der Waals surface area (Å²) >= 11 is 1.72. The monoisotopic (exact) mass is 260 g/mol. The van der Waals surface area contributed by atoms with Gasteiger partial charge in [0.15, 0.2) is 0 Å². The van der Waals surface area contributed by atoms with Crippen LogP contribution in [-0.4, -0.2) is 4.98 Å². The number of aromatic nitrogens is 1. The first-order chi connectivity index (χ1) is 8.65. The highest BCUT2D eigenvalue weighted by Crippen LogP contribution is 2.30. The fraction of sp³-hybridized carbons (Fsp3) is 0.400. The Kier molecular flexibility index (Phi) is 4.15. The molecule has 1 atom stereocenters. The van der Waals surface area contributed by atoms with Crippen molar-refractivity contribution in [2.45, 2.75) is 39.7 Å². The van der Waals surface area contributed by atoms with Gasteiger partial charge in [0.25, 0.3) is 0 Å². The maximum Gasteiger partial charge on any atom is 0.110 e. The number of aryl methyl sites for hydroxylation is 2. The molecule has 0 aliphatic rings.